The summed E-state index contributed by atoms with van der Waals surface area (Å²) in [5, 5.41) is 2.86. The number of hydrogen-bond acceptors (Lipinski definition) is 4. The summed E-state index contributed by atoms with van der Waals surface area (Å²) >= 11 is 0. The summed E-state index contributed by atoms with van der Waals surface area (Å²) < 4.78 is 10.7. The lowest BCUT2D eigenvalue weighted by molar-refractivity contribution is -0.125. The number of hydrogen-bond donors (Lipinski definition) is 1. The van der Waals surface area contributed by atoms with Crippen molar-refractivity contribution in [2.24, 2.45) is 0 Å². The van der Waals surface area contributed by atoms with Gasteiger partial charge in [0, 0.05) is 6.54 Å². The van der Waals surface area contributed by atoms with E-state index in [4.69, 9.17) is 9.47 Å². The zero-order valence-corrected chi connectivity index (χ0v) is 16.7. The third-order valence-electron chi connectivity index (χ3n) is 4.72. The van der Waals surface area contributed by atoms with Crippen molar-refractivity contribution < 1.29 is 19.1 Å². The van der Waals surface area contributed by atoms with Gasteiger partial charge in [-0.15, -0.1) is 0 Å². The first-order chi connectivity index (χ1) is 13.3. The Morgan fingerprint density at radius 3 is 2.54 bits per heavy atom. The molecule has 1 N–H and O–H groups in total. The third kappa shape index (κ3) is 4.44. The number of anilines is 1. The fraction of sp³-hybridized carbons (Fsp3) is 0.364. The number of fused-ring (bicyclic) bond motifs is 1. The standard InChI is InChI=1S/C22H26N2O4/c1-22(2,3)16-7-10-18-19(11-16)28-14-21(26)24(18)13-20(25)23-12-15-5-8-17(27-4)9-6-15/h5-11H,12-14H2,1-4H3,(H,23,25). The molecule has 6 nitrogen and oxygen atoms in total. The first kappa shape index (κ1) is 19.7. The first-order valence-corrected chi connectivity index (χ1v) is 9.25. The Labute approximate surface area is 165 Å². The van der Waals surface area contributed by atoms with Crippen molar-refractivity contribution in [2.45, 2.75) is 32.7 Å². The Hall–Kier alpha value is -3.02. The van der Waals surface area contributed by atoms with Crippen molar-refractivity contribution in [3.63, 3.8) is 0 Å². The molecule has 1 aliphatic rings. The molecule has 0 saturated carbocycles. The second-order valence-corrected chi connectivity index (χ2v) is 7.83. The molecule has 0 radical (unpaired) electrons. The van der Waals surface area contributed by atoms with E-state index < -0.39 is 0 Å². The van der Waals surface area contributed by atoms with Crippen LogP contribution in [0.2, 0.25) is 0 Å². The van der Waals surface area contributed by atoms with Crippen LogP contribution in [0.15, 0.2) is 42.5 Å². The summed E-state index contributed by atoms with van der Waals surface area (Å²) in [5.41, 5.74) is 2.67. The van der Waals surface area contributed by atoms with E-state index in [0.717, 1.165) is 16.9 Å². The molecule has 3 rings (SSSR count). The van der Waals surface area contributed by atoms with E-state index in [-0.39, 0.29) is 30.4 Å². The van der Waals surface area contributed by atoms with E-state index >= 15 is 0 Å². The van der Waals surface area contributed by atoms with Crippen molar-refractivity contribution in [3.05, 3.63) is 53.6 Å². The van der Waals surface area contributed by atoms with Crippen LogP contribution in [0.5, 0.6) is 11.5 Å². The van der Waals surface area contributed by atoms with Gasteiger partial charge in [-0.25, -0.2) is 0 Å². The van der Waals surface area contributed by atoms with Gasteiger partial charge in [-0.3, -0.25) is 14.5 Å². The van der Waals surface area contributed by atoms with Gasteiger partial charge >= 0.3 is 0 Å². The van der Waals surface area contributed by atoms with Crippen LogP contribution in [0, 0.1) is 0 Å². The quantitative estimate of drug-likeness (QED) is 0.863. The average molecular weight is 382 g/mol. The van der Waals surface area contributed by atoms with E-state index in [0.29, 0.717) is 18.0 Å². The largest absolute Gasteiger partial charge is 0.497 e. The molecule has 1 aliphatic heterocycles. The van der Waals surface area contributed by atoms with Crippen LogP contribution in [0.1, 0.15) is 31.9 Å². The number of nitrogens with one attached hydrogen (secondary N) is 1. The monoisotopic (exact) mass is 382 g/mol. The lowest BCUT2D eigenvalue weighted by atomic mass is 9.86. The minimum absolute atomic E-state index is 0.0274. The maximum atomic E-state index is 12.4. The maximum Gasteiger partial charge on any atom is 0.265 e. The molecule has 2 aromatic rings. The van der Waals surface area contributed by atoms with Crippen molar-refractivity contribution in [3.8, 4) is 11.5 Å². The molecule has 0 atom stereocenters. The smallest absolute Gasteiger partial charge is 0.265 e. The fourth-order valence-corrected chi connectivity index (χ4v) is 2.99. The number of benzene rings is 2. The summed E-state index contributed by atoms with van der Waals surface area (Å²) in [6.07, 6.45) is 0. The van der Waals surface area contributed by atoms with Crippen LogP contribution in [0.3, 0.4) is 0 Å². The molecule has 28 heavy (non-hydrogen) atoms. The second kappa shape index (κ2) is 7.92. The van der Waals surface area contributed by atoms with Crippen molar-refractivity contribution in [1.82, 2.24) is 5.32 Å². The molecule has 0 spiro atoms. The molecule has 0 aliphatic carbocycles. The predicted octanol–water partition coefficient (Wildman–Crippen LogP) is 3.03. The first-order valence-electron chi connectivity index (χ1n) is 9.25. The van der Waals surface area contributed by atoms with Crippen molar-refractivity contribution >= 4 is 17.5 Å². The van der Waals surface area contributed by atoms with Gasteiger partial charge in [-0.1, -0.05) is 39.0 Å². The Kier molecular flexibility index (Phi) is 5.58. The van der Waals surface area contributed by atoms with Crippen LogP contribution in [0.25, 0.3) is 0 Å². The highest BCUT2D eigenvalue weighted by Crippen LogP contribution is 2.36. The van der Waals surface area contributed by atoms with Gasteiger partial charge in [0.2, 0.25) is 5.91 Å². The molecule has 1 heterocycles. The SMILES string of the molecule is COc1ccc(CNC(=O)CN2C(=O)COc3cc(C(C)(C)C)ccc32)cc1. The topological polar surface area (TPSA) is 67.9 Å². The van der Waals surface area contributed by atoms with Crippen LogP contribution in [-0.2, 0) is 21.5 Å². The zero-order chi connectivity index (χ0) is 20.3. The number of amides is 2. The zero-order valence-electron chi connectivity index (χ0n) is 16.7. The number of carbonyl (C=O) groups is 2. The van der Waals surface area contributed by atoms with Gasteiger partial charge in [0.1, 0.15) is 18.0 Å². The van der Waals surface area contributed by atoms with Gasteiger partial charge in [0.25, 0.3) is 5.91 Å². The van der Waals surface area contributed by atoms with E-state index in [9.17, 15) is 9.59 Å². The Morgan fingerprint density at radius 1 is 1.18 bits per heavy atom. The summed E-state index contributed by atoms with van der Waals surface area (Å²) in [6.45, 7) is 6.64. The lowest BCUT2D eigenvalue weighted by Crippen LogP contribution is -2.45. The number of carbonyl (C=O) groups excluding carboxylic acids is 2. The predicted molar refractivity (Wildman–Crippen MR) is 108 cm³/mol. The molecular formula is C22H26N2O4. The van der Waals surface area contributed by atoms with E-state index in [1.54, 1.807) is 7.11 Å². The number of rotatable bonds is 5. The number of methoxy groups -OCH3 is 1. The normalized spacial score (nSPS) is 13.6. The van der Waals surface area contributed by atoms with Gasteiger partial charge in [0.05, 0.1) is 12.8 Å². The van der Waals surface area contributed by atoms with E-state index in [2.05, 4.69) is 26.1 Å². The summed E-state index contributed by atoms with van der Waals surface area (Å²) in [7, 11) is 1.61. The van der Waals surface area contributed by atoms with Gasteiger partial charge in [-0.2, -0.15) is 0 Å². The Balaban J connectivity index is 1.68. The van der Waals surface area contributed by atoms with Crippen LogP contribution >= 0.6 is 0 Å². The summed E-state index contributed by atoms with van der Waals surface area (Å²) in [4.78, 5) is 26.2. The molecule has 0 saturated heterocycles. The maximum absolute atomic E-state index is 12.4. The molecule has 0 aromatic heterocycles. The van der Waals surface area contributed by atoms with Crippen molar-refractivity contribution in [2.75, 3.05) is 25.2 Å². The molecule has 2 amide bonds. The van der Waals surface area contributed by atoms with Crippen LogP contribution in [-0.4, -0.2) is 32.1 Å². The number of ether oxygens (including phenoxy) is 2. The minimum atomic E-state index is -0.226. The number of nitrogens with zero attached hydrogens (tertiary/aromatic N) is 1. The molecule has 0 fully saturated rings. The molecule has 148 valence electrons. The Morgan fingerprint density at radius 2 is 1.89 bits per heavy atom. The molecule has 6 heteroatoms. The highest BCUT2D eigenvalue weighted by atomic mass is 16.5. The third-order valence-corrected chi connectivity index (χ3v) is 4.72. The van der Waals surface area contributed by atoms with Crippen molar-refractivity contribution in [1.29, 1.82) is 0 Å². The van der Waals surface area contributed by atoms with Gasteiger partial charge < -0.3 is 14.8 Å². The molecular weight excluding hydrogens is 356 g/mol. The van der Waals surface area contributed by atoms with E-state index in [1.807, 2.05) is 42.5 Å². The minimum Gasteiger partial charge on any atom is -0.497 e. The lowest BCUT2D eigenvalue weighted by Gasteiger charge is -2.30. The highest BCUT2D eigenvalue weighted by molar-refractivity contribution is 6.02. The second-order valence-electron chi connectivity index (χ2n) is 7.83. The van der Waals surface area contributed by atoms with Gasteiger partial charge in [0.15, 0.2) is 6.61 Å². The summed E-state index contributed by atoms with van der Waals surface area (Å²) in [6, 6.07) is 13.2. The summed E-state index contributed by atoms with van der Waals surface area (Å²) in [5.74, 6) is 0.947. The average Bonchev–Trinajstić information content (AvgIpc) is 2.68. The van der Waals surface area contributed by atoms with Gasteiger partial charge in [-0.05, 0) is 40.8 Å². The highest BCUT2D eigenvalue weighted by Gasteiger charge is 2.28. The molecule has 0 unspecified atom stereocenters. The molecule has 0 bridgehead atoms. The van der Waals surface area contributed by atoms with Crippen LogP contribution < -0.4 is 19.7 Å². The molecule has 2 aromatic carbocycles. The van der Waals surface area contributed by atoms with Crippen LogP contribution in [0.4, 0.5) is 5.69 Å². The fourth-order valence-electron chi connectivity index (χ4n) is 2.99. The van der Waals surface area contributed by atoms with E-state index in [1.165, 1.54) is 4.90 Å². The Bertz CT molecular complexity index is 869.